The number of rotatable bonds is 3. The summed E-state index contributed by atoms with van der Waals surface area (Å²) < 4.78 is 15.2. The summed E-state index contributed by atoms with van der Waals surface area (Å²) in [5.41, 5.74) is -0.544. The first-order chi connectivity index (χ1) is 8.81. The maximum Gasteiger partial charge on any atom is 0.407 e. The van der Waals surface area contributed by atoms with Crippen molar-refractivity contribution in [1.29, 1.82) is 0 Å². The van der Waals surface area contributed by atoms with Gasteiger partial charge in [0.2, 0.25) is 0 Å². The molecule has 0 radical (unpaired) electrons. The van der Waals surface area contributed by atoms with Crippen molar-refractivity contribution in [3.63, 3.8) is 0 Å². The molecule has 1 aliphatic heterocycles. The van der Waals surface area contributed by atoms with Crippen molar-refractivity contribution in [2.24, 2.45) is 5.92 Å². The molecule has 1 saturated heterocycles. The van der Waals surface area contributed by atoms with Crippen molar-refractivity contribution < 1.29 is 23.8 Å². The molecule has 1 amide bonds. The van der Waals surface area contributed by atoms with Crippen molar-refractivity contribution in [3.05, 3.63) is 0 Å². The summed E-state index contributed by atoms with van der Waals surface area (Å²) in [6.07, 6.45) is 0.508. The van der Waals surface area contributed by atoms with E-state index in [-0.39, 0.29) is 24.3 Å². The zero-order valence-electron chi connectivity index (χ0n) is 12.0. The van der Waals surface area contributed by atoms with Crippen LogP contribution in [0.25, 0.3) is 0 Å². The smallest absolute Gasteiger partial charge is 0.407 e. The van der Waals surface area contributed by atoms with Gasteiger partial charge in [0.1, 0.15) is 5.60 Å². The minimum absolute atomic E-state index is 0.0220. The number of alkyl carbamates (subject to hydrolysis) is 1. The van der Waals surface area contributed by atoms with Gasteiger partial charge in [-0.1, -0.05) is 0 Å². The molecular weight excluding hydrogens is 250 g/mol. The zero-order valence-corrected chi connectivity index (χ0v) is 12.0. The van der Waals surface area contributed by atoms with E-state index in [1.54, 1.807) is 20.8 Å². The Morgan fingerprint density at radius 2 is 2.05 bits per heavy atom. The number of amides is 1. The molecule has 0 aromatic rings. The lowest BCUT2D eigenvalue weighted by Gasteiger charge is -2.32. The SMILES string of the molecule is COC(=O)CC1CCOCC1NC(=O)OC(C)(C)C. The maximum atomic E-state index is 11.7. The molecule has 6 nitrogen and oxygen atoms in total. The molecule has 2 unspecified atom stereocenters. The lowest BCUT2D eigenvalue weighted by molar-refractivity contribution is -0.142. The molecule has 0 aromatic heterocycles. The second-order valence-corrected chi connectivity index (χ2v) is 5.66. The minimum atomic E-state index is -0.544. The van der Waals surface area contributed by atoms with Crippen LogP contribution in [0.5, 0.6) is 0 Å². The molecule has 1 fully saturated rings. The van der Waals surface area contributed by atoms with E-state index in [1.807, 2.05) is 0 Å². The van der Waals surface area contributed by atoms with Crippen LogP contribution < -0.4 is 5.32 Å². The minimum Gasteiger partial charge on any atom is -0.469 e. The van der Waals surface area contributed by atoms with E-state index in [1.165, 1.54) is 7.11 Å². The van der Waals surface area contributed by atoms with Crippen LogP contribution in [0, 0.1) is 5.92 Å². The standard InChI is InChI=1S/C13H23NO5/c1-13(2,3)19-12(16)14-10-8-18-6-5-9(10)7-11(15)17-4/h9-10H,5-8H2,1-4H3,(H,14,16). The molecular formula is C13H23NO5. The van der Waals surface area contributed by atoms with E-state index >= 15 is 0 Å². The van der Waals surface area contributed by atoms with Gasteiger partial charge in [0.05, 0.1) is 26.2 Å². The average Bonchev–Trinajstić information content (AvgIpc) is 2.29. The summed E-state index contributed by atoms with van der Waals surface area (Å²) in [4.78, 5) is 23.1. The summed E-state index contributed by atoms with van der Waals surface area (Å²) in [6, 6.07) is -0.220. The molecule has 0 aliphatic carbocycles. The van der Waals surface area contributed by atoms with Crippen LogP contribution >= 0.6 is 0 Å². The number of nitrogens with one attached hydrogen (secondary N) is 1. The van der Waals surface area contributed by atoms with Gasteiger partial charge in [0.15, 0.2) is 0 Å². The van der Waals surface area contributed by atoms with Crippen LogP contribution in [0.2, 0.25) is 0 Å². The van der Waals surface area contributed by atoms with Gasteiger partial charge >= 0.3 is 12.1 Å². The Morgan fingerprint density at radius 1 is 1.37 bits per heavy atom. The monoisotopic (exact) mass is 273 g/mol. The fourth-order valence-electron chi connectivity index (χ4n) is 1.94. The Labute approximate surface area is 113 Å². The molecule has 6 heteroatoms. The predicted molar refractivity (Wildman–Crippen MR) is 68.7 cm³/mol. The quantitative estimate of drug-likeness (QED) is 0.788. The van der Waals surface area contributed by atoms with Crippen LogP contribution in [0.15, 0.2) is 0 Å². The Hall–Kier alpha value is -1.30. The average molecular weight is 273 g/mol. The summed E-state index contributed by atoms with van der Waals surface area (Å²) >= 11 is 0. The molecule has 1 heterocycles. The first-order valence-corrected chi connectivity index (χ1v) is 6.46. The van der Waals surface area contributed by atoms with Crippen LogP contribution in [0.3, 0.4) is 0 Å². The van der Waals surface area contributed by atoms with Gasteiger partial charge in [-0.2, -0.15) is 0 Å². The molecule has 0 bridgehead atoms. The molecule has 19 heavy (non-hydrogen) atoms. The van der Waals surface area contributed by atoms with E-state index in [9.17, 15) is 9.59 Å². The summed E-state index contributed by atoms with van der Waals surface area (Å²) in [7, 11) is 1.36. The lowest BCUT2D eigenvalue weighted by Crippen LogP contribution is -2.48. The third-order valence-corrected chi connectivity index (χ3v) is 2.86. The Kier molecular flexibility index (Phi) is 5.60. The van der Waals surface area contributed by atoms with Crippen molar-refractivity contribution in [1.82, 2.24) is 5.32 Å². The number of carbonyl (C=O) groups excluding carboxylic acids is 2. The number of ether oxygens (including phenoxy) is 3. The van der Waals surface area contributed by atoms with Gasteiger partial charge < -0.3 is 19.5 Å². The molecule has 1 aliphatic rings. The highest BCUT2D eigenvalue weighted by molar-refractivity contribution is 5.70. The first-order valence-electron chi connectivity index (χ1n) is 6.46. The number of carbonyl (C=O) groups is 2. The highest BCUT2D eigenvalue weighted by Crippen LogP contribution is 2.20. The normalized spacial score (nSPS) is 23.6. The predicted octanol–water partition coefficient (Wildman–Crippen LogP) is 1.48. The van der Waals surface area contributed by atoms with Crippen LogP contribution in [0.1, 0.15) is 33.6 Å². The number of esters is 1. The number of hydrogen-bond acceptors (Lipinski definition) is 5. The Morgan fingerprint density at radius 3 is 2.63 bits per heavy atom. The highest BCUT2D eigenvalue weighted by atomic mass is 16.6. The van der Waals surface area contributed by atoms with Crippen molar-refractivity contribution >= 4 is 12.1 Å². The van der Waals surface area contributed by atoms with Crippen molar-refractivity contribution in [2.75, 3.05) is 20.3 Å². The van der Waals surface area contributed by atoms with Crippen LogP contribution in [-0.2, 0) is 19.0 Å². The van der Waals surface area contributed by atoms with Crippen LogP contribution in [-0.4, -0.2) is 44.0 Å². The second kappa shape index (κ2) is 6.75. The second-order valence-electron chi connectivity index (χ2n) is 5.66. The molecule has 2 atom stereocenters. The fourth-order valence-corrected chi connectivity index (χ4v) is 1.94. The summed E-state index contributed by atoms with van der Waals surface area (Å²) in [5, 5.41) is 2.76. The molecule has 0 aromatic carbocycles. The highest BCUT2D eigenvalue weighted by Gasteiger charge is 2.30. The fraction of sp³-hybridized carbons (Fsp3) is 0.846. The first kappa shape index (κ1) is 15.8. The van der Waals surface area contributed by atoms with Gasteiger partial charge in [-0.25, -0.2) is 4.79 Å². The van der Waals surface area contributed by atoms with E-state index in [2.05, 4.69) is 10.1 Å². The van der Waals surface area contributed by atoms with E-state index in [0.29, 0.717) is 13.2 Å². The van der Waals surface area contributed by atoms with E-state index in [4.69, 9.17) is 9.47 Å². The Balaban J connectivity index is 2.52. The van der Waals surface area contributed by atoms with Crippen molar-refractivity contribution in [2.45, 2.75) is 45.3 Å². The van der Waals surface area contributed by atoms with Gasteiger partial charge in [0.25, 0.3) is 0 Å². The maximum absolute atomic E-state index is 11.7. The van der Waals surface area contributed by atoms with Crippen LogP contribution in [0.4, 0.5) is 4.79 Å². The third kappa shape index (κ3) is 5.92. The van der Waals surface area contributed by atoms with Gasteiger partial charge in [-0.3, -0.25) is 4.79 Å². The molecule has 0 saturated carbocycles. The van der Waals surface area contributed by atoms with Gasteiger partial charge in [-0.05, 0) is 33.1 Å². The zero-order chi connectivity index (χ0) is 14.5. The molecule has 1 N–H and O–H groups in total. The number of methoxy groups -OCH3 is 1. The Bertz CT molecular complexity index is 323. The largest absolute Gasteiger partial charge is 0.469 e. The van der Waals surface area contributed by atoms with Crippen molar-refractivity contribution in [3.8, 4) is 0 Å². The number of hydrogen-bond donors (Lipinski definition) is 1. The third-order valence-electron chi connectivity index (χ3n) is 2.86. The summed E-state index contributed by atoms with van der Waals surface area (Å²) in [5.74, 6) is -0.253. The van der Waals surface area contributed by atoms with E-state index < -0.39 is 11.7 Å². The van der Waals surface area contributed by atoms with Gasteiger partial charge in [0, 0.05) is 6.61 Å². The summed E-state index contributed by atoms with van der Waals surface area (Å²) in [6.45, 7) is 6.39. The molecule has 0 spiro atoms. The molecule has 110 valence electrons. The van der Waals surface area contributed by atoms with Gasteiger partial charge in [-0.15, -0.1) is 0 Å². The topological polar surface area (TPSA) is 73.9 Å². The van der Waals surface area contributed by atoms with E-state index in [0.717, 1.165) is 6.42 Å². The molecule has 1 rings (SSSR count). The lowest BCUT2D eigenvalue weighted by atomic mass is 9.92.